The minimum Gasteiger partial charge on any atom is -0.481 e. The lowest BCUT2D eigenvalue weighted by Gasteiger charge is -2.04. The van der Waals surface area contributed by atoms with Crippen LogP contribution in [0.25, 0.3) is 10.8 Å². The fraction of sp³-hybridized carbons (Fsp3) is 0.143. The molecule has 0 aliphatic heterocycles. The van der Waals surface area contributed by atoms with Crippen LogP contribution < -0.4 is 0 Å². The van der Waals surface area contributed by atoms with Gasteiger partial charge in [0, 0.05) is 0 Å². The normalized spacial score (nSPS) is 17.0. The summed E-state index contributed by atoms with van der Waals surface area (Å²) in [5, 5.41) is 20.1. The Bertz CT molecular complexity index is 687. The highest BCUT2D eigenvalue weighted by atomic mass is 16.4. The maximum absolute atomic E-state index is 11.2. The molecule has 0 bridgehead atoms. The molecule has 1 aliphatic rings. The van der Waals surface area contributed by atoms with E-state index in [2.05, 4.69) is 0 Å². The number of carbonyl (C=O) groups is 2. The lowest BCUT2D eigenvalue weighted by molar-refractivity contribution is -0.138. The predicted octanol–water partition coefficient (Wildman–Crippen LogP) is 2.26. The second-order valence-corrected chi connectivity index (χ2v) is 4.44. The van der Waals surface area contributed by atoms with Gasteiger partial charge in [-0.1, -0.05) is 24.3 Å². The number of hydrogen-bond donors (Lipinski definition) is 2. The average Bonchev–Trinajstić information content (AvgIpc) is 2.71. The van der Waals surface area contributed by atoms with E-state index in [1.54, 1.807) is 18.2 Å². The molecule has 0 saturated carbocycles. The second kappa shape index (κ2) is 3.57. The number of benzene rings is 2. The van der Waals surface area contributed by atoms with E-state index < -0.39 is 17.9 Å². The van der Waals surface area contributed by atoms with Crippen molar-refractivity contribution in [1.82, 2.24) is 0 Å². The maximum atomic E-state index is 11.2. The molecule has 0 heterocycles. The summed E-state index contributed by atoms with van der Waals surface area (Å²) in [4.78, 5) is 22.4. The summed E-state index contributed by atoms with van der Waals surface area (Å²) in [7, 11) is 0. The number of carboxylic acid groups (broad SMARTS) is 2. The quantitative estimate of drug-likeness (QED) is 0.847. The van der Waals surface area contributed by atoms with Crippen molar-refractivity contribution >= 4 is 22.7 Å². The Morgan fingerprint density at radius 1 is 1.11 bits per heavy atom. The van der Waals surface area contributed by atoms with Crippen molar-refractivity contribution < 1.29 is 19.8 Å². The Morgan fingerprint density at radius 2 is 1.89 bits per heavy atom. The van der Waals surface area contributed by atoms with Gasteiger partial charge in [-0.3, -0.25) is 4.79 Å². The molecule has 0 amide bonds. The first-order chi connectivity index (χ1) is 8.59. The van der Waals surface area contributed by atoms with Crippen molar-refractivity contribution in [1.29, 1.82) is 0 Å². The maximum Gasteiger partial charge on any atom is 0.335 e. The largest absolute Gasteiger partial charge is 0.481 e. The van der Waals surface area contributed by atoms with Gasteiger partial charge in [-0.2, -0.15) is 0 Å². The molecule has 2 N–H and O–H groups in total. The van der Waals surface area contributed by atoms with Gasteiger partial charge in [0.05, 0.1) is 11.5 Å². The lowest BCUT2D eigenvalue weighted by Crippen LogP contribution is -2.10. The van der Waals surface area contributed by atoms with Crippen molar-refractivity contribution in [3.8, 4) is 0 Å². The van der Waals surface area contributed by atoms with E-state index in [1.165, 1.54) is 0 Å². The third-order valence-corrected chi connectivity index (χ3v) is 3.50. The standard InChI is InChI=1S/C14H10O4/c15-13(16)9-5-4-7-2-1-3-8-11(14(17)18)6-10(9)12(7)8/h1-5,11H,6H2,(H,15,16)(H,17,18). The van der Waals surface area contributed by atoms with Gasteiger partial charge in [0.25, 0.3) is 0 Å². The van der Waals surface area contributed by atoms with E-state index in [9.17, 15) is 14.7 Å². The van der Waals surface area contributed by atoms with Crippen molar-refractivity contribution in [2.75, 3.05) is 0 Å². The highest BCUT2D eigenvalue weighted by Gasteiger charge is 2.32. The van der Waals surface area contributed by atoms with Crippen molar-refractivity contribution in [2.24, 2.45) is 0 Å². The molecule has 2 aromatic carbocycles. The molecule has 2 aromatic rings. The molecule has 0 radical (unpaired) electrons. The van der Waals surface area contributed by atoms with Crippen LogP contribution in [0.5, 0.6) is 0 Å². The highest BCUT2D eigenvalue weighted by Crippen LogP contribution is 2.40. The average molecular weight is 242 g/mol. The highest BCUT2D eigenvalue weighted by molar-refractivity contribution is 6.03. The minimum absolute atomic E-state index is 0.207. The number of aliphatic carboxylic acids is 1. The van der Waals surface area contributed by atoms with E-state index in [0.29, 0.717) is 5.56 Å². The molecule has 18 heavy (non-hydrogen) atoms. The summed E-state index contributed by atoms with van der Waals surface area (Å²) in [6, 6.07) is 8.73. The number of aromatic carboxylic acids is 1. The van der Waals surface area contributed by atoms with Crippen LogP contribution in [0.3, 0.4) is 0 Å². The molecule has 0 fully saturated rings. The predicted molar refractivity (Wildman–Crippen MR) is 65.0 cm³/mol. The summed E-state index contributed by atoms with van der Waals surface area (Å²) in [6.45, 7) is 0. The van der Waals surface area contributed by atoms with Crippen molar-refractivity contribution in [3.05, 3.63) is 47.0 Å². The van der Waals surface area contributed by atoms with Crippen molar-refractivity contribution in [2.45, 2.75) is 12.3 Å². The zero-order valence-corrected chi connectivity index (χ0v) is 9.38. The smallest absolute Gasteiger partial charge is 0.335 e. The summed E-state index contributed by atoms with van der Waals surface area (Å²) < 4.78 is 0. The Hall–Kier alpha value is -2.36. The number of hydrogen-bond acceptors (Lipinski definition) is 2. The molecule has 4 heteroatoms. The molecule has 0 aromatic heterocycles. The van der Waals surface area contributed by atoms with Gasteiger partial charge in [-0.15, -0.1) is 0 Å². The molecule has 1 aliphatic carbocycles. The van der Waals surface area contributed by atoms with Crippen LogP contribution in [0.15, 0.2) is 30.3 Å². The van der Waals surface area contributed by atoms with E-state index in [1.807, 2.05) is 12.1 Å². The Kier molecular flexibility index (Phi) is 2.13. The first kappa shape index (κ1) is 10.8. The van der Waals surface area contributed by atoms with Crippen LogP contribution in [0.2, 0.25) is 0 Å². The Labute approximate surface area is 102 Å². The number of rotatable bonds is 2. The van der Waals surface area contributed by atoms with E-state index in [4.69, 9.17) is 5.11 Å². The van der Waals surface area contributed by atoms with Crippen LogP contribution in [-0.4, -0.2) is 22.2 Å². The fourth-order valence-corrected chi connectivity index (χ4v) is 2.72. The first-order valence-corrected chi connectivity index (χ1v) is 5.60. The van der Waals surface area contributed by atoms with Gasteiger partial charge < -0.3 is 10.2 Å². The van der Waals surface area contributed by atoms with Crippen LogP contribution in [0, 0.1) is 0 Å². The van der Waals surface area contributed by atoms with Gasteiger partial charge in [0.15, 0.2) is 0 Å². The Morgan fingerprint density at radius 3 is 2.56 bits per heavy atom. The zero-order valence-electron chi connectivity index (χ0n) is 9.38. The summed E-state index contributed by atoms with van der Waals surface area (Å²) in [5.41, 5.74) is 1.57. The van der Waals surface area contributed by atoms with Crippen LogP contribution in [-0.2, 0) is 11.2 Å². The summed E-state index contributed by atoms with van der Waals surface area (Å²) in [5.74, 6) is -2.55. The second-order valence-electron chi connectivity index (χ2n) is 4.44. The molecule has 0 spiro atoms. The fourth-order valence-electron chi connectivity index (χ4n) is 2.72. The zero-order chi connectivity index (χ0) is 12.9. The monoisotopic (exact) mass is 242 g/mol. The van der Waals surface area contributed by atoms with E-state index in [-0.39, 0.29) is 12.0 Å². The van der Waals surface area contributed by atoms with Crippen molar-refractivity contribution in [3.63, 3.8) is 0 Å². The van der Waals surface area contributed by atoms with Crippen LogP contribution >= 0.6 is 0 Å². The van der Waals surface area contributed by atoms with Crippen LogP contribution in [0.1, 0.15) is 27.4 Å². The van der Waals surface area contributed by atoms with Gasteiger partial charge in [0.2, 0.25) is 0 Å². The molecule has 4 nitrogen and oxygen atoms in total. The molecular weight excluding hydrogens is 232 g/mol. The molecule has 3 rings (SSSR count). The molecule has 0 saturated heterocycles. The molecule has 1 atom stereocenters. The molecule has 90 valence electrons. The summed E-state index contributed by atoms with van der Waals surface area (Å²) >= 11 is 0. The molecule has 1 unspecified atom stereocenters. The van der Waals surface area contributed by atoms with E-state index >= 15 is 0 Å². The van der Waals surface area contributed by atoms with Gasteiger partial charge >= 0.3 is 11.9 Å². The molecular formula is C14H10O4. The van der Waals surface area contributed by atoms with E-state index in [0.717, 1.165) is 16.3 Å². The topological polar surface area (TPSA) is 74.6 Å². The lowest BCUT2D eigenvalue weighted by atomic mass is 10.00. The Balaban J connectivity index is 2.37. The first-order valence-electron chi connectivity index (χ1n) is 5.60. The van der Waals surface area contributed by atoms with Gasteiger partial charge in [0.1, 0.15) is 0 Å². The van der Waals surface area contributed by atoms with Gasteiger partial charge in [-0.25, -0.2) is 4.79 Å². The SMILES string of the molecule is O=C(O)c1ccc2cccc3c2c1CC3C(=O)O. The van der Waals surface area contributed by atoms with Gasteiger partial charge in [-0.05, 0) is 34.4 Å². The third kappa shape index (κ3) is 1.32. The number of carboxylic acids is 2. The summed E-state index contributed by atoms with van der Waals surface area (Å²) in [6.07, 6.45) is 0.258. The third-order valence-electron chi connectivity index (χ3n) is 3.50. The minimum atomic E-state index is -1.01. The van der Waals surface area contributed by atoms with Crippen LogP contribution in [0.4, 0.5) is 0 Å².